The lowest BCUT2D eigenvalue weighted by molar-refractivity contribution is -0.150. The molecule has 1 aliphatic carbocycles. The fourth-order valence-electron chi connectivity index (χ4n) is 3.51. The number of carbonyl (C=O) groups excluding carboxylic acids is 2. The van der Waals surface area contributed by atoms with Crippen LogP contribution in [0.15, 0.2) is 0 Å². The van der Waals surface area contributed by atoms with Crippen LogP contribution >= 0.6 is 11.3 Å². The Morgan fingerprint density at radius 3 is 2.40 bits per heavy atom. The molecule has 1 aliphatic rings. The van der Waals surface area contributed by atoms with Crippen LogP contribution < -0.4 is 5.32 Å². The van der Waals surface area contributed by atoms with E-state index in [0.29, 0.717) is 29.8 Å². The zero-order valence-electron chi connectivity index (χ0n) is 14.9. The van der Waals surface area contributed by atoms with E-state index in [1.54, 1.807) is 6.92 Å². The molecular formula is C18H25NO5S. The molecule has 1 aromatic heterocycles. The smallest absolute Gasteiger partial charge is 0.341 e. The average Bonchev–Trinajstić information content (AvgIpc) is 3.12. The third kappa shape index (κ3) is 4.03. The van der Waals surface area contributed by atoms with Gasteiger partial charge in [-0.1, -0.05) is 19.8 Å². The third-order valence-electron chi connectivity index (χ3n) is 4.81. The van der Waals surface area contributed by atoms with Crippen molar-refractivity contribution in [2.24, 2.45) is 5.41 Å². The Morgan fingerprint density at radius 1 is 1.24 bits per heavy atom. The van der Waals surface area contributed by atoms with Crippen molar-refractivity contribution in [1.29, 1.82) is 0 Å². The number of nitrogens with one attached hydrogen (secondary N) is 1. The van der Waals surface area contributed by atoms with E-state index in [-0.39, 0.29) is 18.9 Å². The Kier molecular flexibility index (Phi) is 6.21. The lowest BCUT2D eigenvalue weighted by Gasteiger charge is -2.22. The van der Waals surface area contributed by atoms with Crippen LogP contribution in [0.3, 0.4) is 0 Å². The first-order chi connectivity index (χ1) is 11.8. The predicted octanol–water partition coefficient (Wildman–Crippen LogP) is 3.77. The van der Waals surface area contributed by atoms with Crippen molar-refractivity contribution in [1.82, 2.24) is 0 Å². The molecule has 0 aromatic carbocycles. The summed E-state index contributed by atoms with van der Waals surface area (Å²) in [6, 6.07) is 0. The molecule has 1 aromatic rings. The lowest BCUT2D eigenvalue weighted by atomic mass is 9.82. The van der Waals surface area contributed by atoms with Gasteiger partial charge in [0, 0.05) is 11.3 Å². The molecule has 1 fully saturated rings. The second-order valence-electron chi connectivity index (χ2n) is 6.43. The van der Waals surface area contributed by atoms with Crippen molar-refractivity contribution in [2.75, 3.05) is 11.9 Å². The van der Waals surface area contributed by atoms with Crippen LogP contribution in [0.2, 0.25) is 0 Å². The van der Waals surface area contributed by atoms with Crippen molar-refractivity contribution in [3.05, 3.63) is 16.0 Å². The molecular weight excluding hydrogens is 342 g/mol. The fourth-order valence-corrected chi connectivity index (χ4v) is 4.66. The molecule has 1 heterocycles. The number of anilines is 1. The number of hydrogen-bond acceptors (Lipinski definition) is 5. The summed E-state index contributed by atoms with van der Waals surface area (Å²) < 4.78 is 5.12. The summed E-state index contributed by atoms with van der Waals surface area (Å²) in [4.78, 5) is 37.4. The van der Waals surface area contributed by atoms with Crippen molar-refractivity contribution in [2.45, 2.75) is 59.3 Å². The number of aryl methyl sites for hydroxylation is 1. The van der Waals surface area contributed by atoms with E-state index in [1.165, 1.54) is 11.3 Å². The minimum Gasteiger partial charge on any atom is -0.481 e. The van der Waals surface area contributed by atoms with E-state index < -0.39 is 17.4 Å². The van der Waals surface area contributed by atoms with Crippen molar-refractivity contribution >= 4 is 34.2 Å². The average molecular weight is 367 g/mol. The van der Waals surface area contributed by atoms with Crippen LogP contribution in [0.5, 0.6) is 0 Å². The topological polar surface area (TPSA) is 92.7 Å². The van der Waals surface area contributed by atoms with Gasteiger partial charge in [0.05, 0.1) is 17.6 Å². The number of carboxylic acids is 1. The Morgan fingerprint density at radius 2 is 1.88 bits per heavy atom. The highest BCUT2D eigenvalue weighted by Gasteiger charge is 2.43. The highest BCUT2D eigenvalue weighted by Crippen LogP contribution is 2.42. The van der Waals surface area contributed by atoms with Gasteiger partial charge < -0.3 is 15.2 Å². The van der Waals surface area contributed by atoms with E-state index in [4.69, 9.17) is 4.74 Å². The number of carbonyl (C=O) groups is 3. The van der Waals surface area contributed by atoms with Crippen LogP contribution in [0.4, 0.5) is 5.00 Å². The fraction of sp³-hybridized carbons (Fsp3) is 0.611. The predicted molar refractivity (Wildman–Crippen MR) is 96.2 cm³/mol. The number of hydrogen-bond donors (Lipinski definition) is 2. The molecule has 0 radical (unpaired) electrons. The van der Waals surface area contributed by atoms with Gasteiger partial charge in [-0.15, -0.1) is 11.3 Å². The third-order valence-corrected chi connectivity index (χ3v) is 5.87. The van der Waals surface area contributed by atoms with E-state index in [9.17, 15) is 19.5 Å². The van der Waals surface area contributed by atoms with E-state index >= 15 is 0 Å². The second-order valence-corrected chi connectivity index (χ2v) is 7.66. The monoisotopic (exact) mass is 367 g/mol. The largest absolute Gasteiger partial charge is 0.481 e. The van der Waals surface area contributed by atoms with E-state index in [0.717, 1.165) is 23.3 Å². The van der Waals surface area contributed by atoms with Gasteiger partial charge in [-0.3, -0.25) is 9.59 Å². The minimum absolute atomic E-state index is 0.0665. The number of aliphatic carboxylic acids is 1. The number of rotatable bonds is 7. The maximum atomic E-state index is 12.5. The summed E-state index contributed by atoms with van der Waals surface area (Å²) in [5, 5.41) is 12.7. The Labute approximate surface area is 151 Å². The maximum absolute atomic E-state index is 12.5. The van der Waals surface area contributed by atoms with Crippen LogP contribution in [0.1, 0.15) is 66.8 Å². The molecule has 0 spiro atoms. The molecule has 25 heavy (non-hydrogen) atoms. The summed E-state index contributed by atoms with van der Waals surface area (Å²) in [7, 11) is 0. The molecule has 0 bridgehead atoms. The SMILES string of the molecule is CCOC(=O)c1c(NC(=O)CC2(C(=O)O)CCCC2)sc(C)c1CC. The minimum atomic E-state index is -0.978. The van der Waals surface area contributed by atoms with Crippen LogP contribution in [-0.4, -0.2) is 29.6 Å². The molecule has 7 heteroatoms. The zero-order valence-corrected chi connectivity index (χ0v) is 15.8. The van der Waals surface area contributed by atoms with Gasteiger partial charge in [0.15, 0.2) is 0 Å². The van der Waals surface area contributed by atoms with Crippen molar-refractivity contribution < 1.29 is 24.2 Å². The summed E-state index contributed by atoms with van der Waals surface area (Å²) in [5.41, 5.74) is 0.289. The van der Waals surface area contributed by atoms with Crippen LogP contribution in [0.25, 0.3) is 0 Å². The van der Waals surface area contributed by atoms with Gasteiger partial charge in [0.2, 0.25) is 5.91 Å². The number of thiophene rings is 1. The molecule has 0 saturated heterocycles. The lowest BCUT2D eigenvalue weighted by Crippen LogP contribution is -2.32. The zero-order chi connectivity index (χ0) is 18.6. The Hall–Kier alpha value is -1.89. The Bertz CT molecular complexity index is 673. The van der Waals surface area contributed by atoms with E-state index in [1.807, 2.05) is 13.8 Å². The van der Waals surface area contributed by atoms with Crippen molar-refractivity contribution in [3.8, 4) is 0 Å². The second kappa shape index (κ2) is 7.99. The molecule has 6 nitrogen and oxygen atoms in total. The molecule has 1 amide bonds. The normalized spacial score (nSPS) is 15.8. The molecule has 0 atom stereocenters. The van der Waals surface area contributed by atoms with E-state index in [2.05, 4.69) is 5.32 Å². The molecule has 1 saturated carbocycles. The first-order valence-electron chi connectivity index (χ1n) is 8.67. The summed E-state index contributed by atoms with van der Waals surface area (Å²) in [5.74, 6) is -1.73. The van der Waals surface area contributed by atoms with Gasteiger partial charge in [0.1, 0.15) is 5.00 Å². The Balaban J connectivity index is 2.23. The highest BCUT2D eigenvalue weighted by atomic mass is 32.1. The van der Waals surface area contributed by atoms with Gasteiger partial charge in [0.25, 0.3) is 0 Å². The highest BCUT2D eigenvalue weighted by molar-refractivity contribution is 7.16. The first kappa shape index (κ1) is 19.4. The number of ether oxygens (including phenoxy) is 1. The van der Waals surface area contributed by atoms with Crippen LogP contribution in [-0.2, 0) is 20.7 Å². The van der Waals surface area contributed by atoms with Crippen LogP contribution in [0, 0.1) is 12.3 Å². The molecule has 2 rings (SSSR count). The standard InChI is InChI=1S/C18H25NO5S/c1-4-12-11(3)25-15(14(12)16(21)24-5-2)19-13(20)10-18(17(22)23)8-6-7-9-18/h4-10H2,1-3H3,(H,19,20)(H,22,23). The number of carboxylic acid groups (broad SMARTS) is 1. The molecule has 2 N–H and O–H groups in total. The number of esters is 1. The van der Waals surface area contributed by atoms with Gasteiger partial charge >= 0.3 is 11.9 Å². The summed E-state index contributed by atoms with van der Waals surface area (Å²) in [6.45, 7) is 5.84. The van der Waals surface area contributed by atoms with Gasteiger partial charge in [-0.05, 0) is 38.7 Å². The quantitative estimate of drug-likeness (QED) is 0.716. The molecule has 138 valence electrons. The molecule has 0 aliphatic heterocycles. The maximum Gasteiger partial charge on any atom is 0.341 e. The van der Waals surface area contributed by atoms with Gasteiger partial charge in [-0.25, -0.2) is 4.79 Å². The summed E-state index contributed by atoms with van der Waals surface area (Å²) >= 11 is 1.33. The van der Waals surface area contributed by atoms with Gasteiger partial charge in [-0.2, -0.15) is 0 Å². The first-order valence-corrected chi connectivity index (χ1v) is 9.49. The number of amides is 1. The molecule has 0 unspecified atom stereocenters. The summed E-state index contributed by atoms with van der Waals surface area (Å²) in [6.07, 6.45) is 3.28. The van der Waals surface area contributed by atoms with Crippen molar-refractivity contribution in [3.63, 3.8) is 0 Å².